The van der Waals surface area contributed by atoms with Crippen molar-refractivity contribution in [3.05, 3.63) is 176 Å². The molecule has 7 heteroatoms. The van der Waals surface area contributed by atoms with E-state index in [9.17, 15) is 0 Å². The number of anilines is 6. The molecular weight excluding hydrogens is 663 g/mol. The molecule has 9 aromatic rings. The summed E-state index contributed by atoms with van der Waals surface area (Å²) in [6.45, 7) is 2.17. The molecule has 0 N–H and O–H groups in total. The molecule has 0 saturated heterocycles. The standard InChI is InChI=1S/C44H31N5S2/c1-30-26-27-45-42-39(30)40(35-22-24-37(50-35)48(31-14-6-2-7-15-31)32-16-8-3-9-17-32)43-44(47-29-28-46-43)41(42)36-23-25-38(51-36)49(33-18-10-4-11-19-33)34-20-12-5-13-21-34/h2-29H,1H3. The van der Waals surface area contributed by atoms with Crippen molar-refractivity contribution in [1.29, 1.82) is 0 Å². The van der Waals surface area contributed by atoms with Crippen LogP contribution in [0.3, 0.4) is 0 Å². The number of para-hydroxylation sites is 4. The van der Waals surface area contributed by atoms with Crippen LogP contribution in [-0.2, 0) is 0 Å². The third-order valence-corrected chi connectivity index (χ3v) is 11.2. The monoisotopic (exact) mass is 693 g/mol. The second-order valence-corrected chi connectivity index (χ2v) is 14.3. The predicted octanol–water partition coefficient (Wildman–Crippen LogP) is 12.9. The molecular formula is C44H31N5S2. The van der Waals surface area contributed by atoms with Crippen LogP contribution in [0.5, 0.6) is 0 Å². The maximum atomic E-state index is 5.08. The molecule has 4 heterocycles. The Morgan fingerprint density at radius 1 is 0.392 bits per heavy atom. The van der Waals surface area contributed by atoms with Crippen LogP contribution in [0.2, 0.25) is 0 Å². The number of aromatic nitrogens is 3. The average molecular weight is 694 g/mol. The van der Waals surface area contributed by atoms with Crippen LogP contribution in [-0.4, -0.2) is 15.0 Å². The first kappa shape index (κ1) is 30.9. The first-order valence-electron chi connectivity index (χ1n) is 16.8. The lowest BCUT2D eigenvalue weighted by Gasteiger charge is -2.23. The summed E-state index contributed by atoms with van der Waals surface area (Å²) in [5.41, 5.74) is 10.3. The Morgan fingerprint density at radius 3 is 1.24 bits per heavy atom. The minimum Gasteiger partial charge on any atom is -0.302 e. The lowest BCUT2D eigenvalue weighted by Crippen LogP contribution is -2.07. The van der Waals surface area contributed by atoms with Gasteiger partial charge >= 0.3 is 0 Å². The second-order valence-electron chi connectivity index (χ2n) is 12.1. The lowest BCUT2D eigenvalue weighted by molar-refractivity contribution is 1.29. The number of hydrogen-bond acceptors (Lipinski definition) is 7. The fourth-order valence-electron chi connectivity index (χ4n) is 6.75. The summed E-state index contributed by atoms with van der Waals surface area (Å²) in [4.78, 5) is 22.0. The van der Waals surface area contributed by atoms with Gasteiger partial charge in [0.15, 0.2) is 0 Å². The molecule has 0 amide bonds. The van der Waals surface area contributed by atoms with Crippen LogP contribution >= 0.6 is 22.7 Å². The van der Waals surface area contributed by atoms with Crippen LogP contribution in [0.1, 0.15) is 5.56 Å². The largest absolute Gasteiger partial charge is 0.302 e. The maximum Gasteiger partial charge on any atom is 0.101 e. The Kier molecular flexibility index (Phi) is 8.04. The maximum absolute atomic E-state index is 5.08. The molecule has 0 spiro atoms. The van der Waals surface area contributed by atoms with Gasteiger partial charge in [0.05, 0.1) is 11.0 Å². The minimum absolute atomic E-state index is 0.843. The van der Waals surface area contributed by atoms with Gasteiger partial charge in [0.25, 0.3) is 0 Å². The van der Waals surface area contributed by atoms with Gasteiger partial charge in [-0.25, -0.2) is 0 Å². The molecule has 0 unspecified atom stereocenters. The number of aryl methyl sites for hydroxylation is 1. The molecule has 0 radical (unpaired) electrons. The second kappa shape index (κ2) is 13.3. The first-order chi connectivity index (χ1) is 25.2. The van der Waals surface area contributed by atoms with E-state index in [2.05, 4.69) is 168 Å². The van der Waals surface area contributed by atoms with E-state index >= 15 is 0 Å². The van der Waals surface area contributed by atoms with E-state index in [1.165, 1.54) is 0 Å². The lowest BCUT2D eigenvalue weighted by atomic mass is 9.96. The zero-order chi connectivity index (χ0) is 34.1. The van der Waals surface area contributed by atoms with Gasteiger partial charge in [0.2, 0.25) is 0 Å². The van der Waals surface area contributed by atoms with E-state index in [0.717, 1.165) is 81.1 Å². The highest BCUT2D eigenvalue weighted by Gasteiger charge is 2.25. The predicted molar refractivity (Wildman–Crippen MR) is 216 cm³/mol. The van der Waals surface area contributed by atoms with Gasteiger partial charge in [0.1, 0.15) is 15.5 Å². The SMILES string of the molecule is Cc1ccnc2c(-c3ccc(N(c4ccccc4)c4ccccc4)s3)c3nccnc3c(-c3ccc(N(c4ccccc4)c4ccccc4)s3)c12. The van der Waals surface area contributed by atoms with E-state index in [-0.39, 0.29) is 0 Å². The Hall–Kier alpha value is -6.15. The Balaban J connectivity index is 1.23. The van der Waals surface area contributed by atoms with Crippen molar-refractivity contribution >= 4 is 77.4 Å². The molecule has 0 saturated carbocycles. The molecule has 0 atom stereocenters. The van der Waals surface area contributed by atoms with Crippen molar-refractivity contribution in [1.82, 2.24) is 15.0 Å². The van der Waals surface area contributed by atoms with Crippen molar-refractivity contribution in [2.45, 2.75) is 6.92 Å². The number of nitrogens with zero attached hydrogens (tertiary/aromatic N) is 5. The summed E-state index contributed by atoms with van der Waals surface area (Å²) in [6, 6.07) is 53.0. The Bertz CT molecular complexity index is 2520. The highest BCUT2D eigenvalue weighted by molar-refractivity contribution is 7.20. The van der Waals surface area contributed by atoms with Gasteiger partial charge < -0.3 is 9.80 Å². The number of thiophene rings is 2. The van der Waals surface area contributed by atoms with Crippen LogP contribution in [0, 0.1) is 6.92 Å². The van der Waals surface area contributed by atoms with Gasteiger partial charge in [-0.1, -0.05) is 72.8 Å². The van der Waals surface area contributed by atoms with E-state index in [1.54, 1.807) is 35.1 Å². The first-order valence-corrected chi connectivity index (χ1v) is 18.4. The summed E-state index contributed by atoms with van der Waals surface area (Å²) in [5.74, 6) is 0. The fraction of sp³-hybridized carbons (Fsp3) is 0.0227. The van der Waals surface area contributed by atoms with E-state index in [0.29, 0.717) is 0 Å². The van der Waals surface area contributed by atoms with E-state index < -0.39 is 0 Å². The number of fused-ring (bicyclic) bond motifs is 2. The van der Waals surface area contributed by atoms with Crippen LogP contribution in [0.15, 0.2) is 170 Å². The molecule has 0 aliphatic rings. The van der Waals surface area contributed by atoms with Crippen molar-refractivity contribution in [3.8, 4) is 20.9 Å². The van der Waals surface area contributed by atoms with E-state index in [1.807, 2.05) is 6.20 Å². The zero-order valence-electron chi connectivity index (χ0n) is 27.7. The smallest absolute Gasteiger partial charge is 0.101 e. The van der Waals surface area contributed by atoms with E-state index in [4.69, 9.17) is 15.0 Å². The van der Waals surface area contributed by atoms with Gasteiger partial charge in [-0.2, -0.15) is 0 Å². The summed E-state index contributed by atoms with van der Waals surface area (Å²) < 4.78 is 0. The van der Waals surface area contributed by atoms with Crippen LogP contribution in [0.4, 0.5) is 32.8 Å². The number of pyridine rings is 1. The Morgan fingerprint density at radius 2 is 0.784 bits per heavy atom. The van der Waals surface area contributed by atoms with Crippen molar-refractivity contribution in [2.75, 3.05) is 9.80 Å². The Labute approximate surface area is 304 Å². The van der Waals surface area contributed by atoms with Crippen LogP contribution in [0.25, 0.3) is 42.8 Å². The normalized spacial score (nSPS) is 11.2. The molecule has 9 rings (SSSR count). The molecule has 5 nitrogen and oxygen atoms in total. The van der Waals surface area contributed by atoms with Crippen LogP contribution < -0.4 is 9.80 Å². The molecule has 0 aliphatic heterocycles. The summed E-state index contributed by atoms with van der Waals surface area (Å²) in [5, 5.41) is 3.31. The summed E-state index contributed by atoms with van der Waals surface area (Å²) >= 11 is 3.49. The fourth-order valence-corrected chi connectivity index (χ4v) is 8.95. The average Bonchev–Trinajstić information content (AvgIpc) is 3.87. The number of rotatable bonds is 8. The van der Waals surface area contributed by atoms with Crippen molar-refractivity contribution < 1.29 is 0 Å². The third kappa shape index (κ3) is 5.62. The molecule has 51 heavy (non-hydrogen) atoms. The minimum atomic E-state index is 0.843. The molecule has 244 valence electrons. The molecule has 4 aromatic heterocycles. The van der Waals surface area contributed by atoms with Crippen molar-refractivity contribution in [2.24, 2.45) is 0 Å². The molecule has 5 aromatic carbocycles. The highest BCUT2D eigenvalue weighted by atomic mass is 32.1. The quantitative estimate of drug-likeness (QED) is 0.148. The molecule has 0 aliphatic carbocycles. The third-order valence-electron chi connectivity index (χ3n) is 8.99. The number of hydrogen-bond donors (Lipinski definition) is 0. The summed E-state index contributed by atoms with van der Waals surface area (Å²) in [7, 11) is 0. The van der Waals surface area contributed by atoms with Gasteiger partial charge in [-0.15, -0.1) is 22.7 Å². The van der Waals surface area contributed by atoms with Crippen molar-refractivity contribution in [3.63, 3.8) is 0 Å². The van der Waals surface area contributed by atoms with Gasteiger partial charge in [-0.05, 0) is 91.3 Å². The van der Waals surface area contributed by atoms with Gasteiger partial charge in [-0.3, -0.25) is 15.0 Å². The number of benzene rings is 5. The molecule has 0 bridgehead atoms. The zero-order valence-corrected chi connectivity index (χ0v) is 29.4. The highest BCUT2D eigenvalue weighted by Crippen LogP contribution is 2.50. The molecule has 0 fully saturated rings. The summed E-state index contributed by atoms with van der Waals surface area (Å²) in [6.07, 6.45) is 5.50. The topological polar surface area (TPSA) is 45.2 Å². The van der Waals surface area contributed by atoms with Gasteiger partial charge in [0, 0.05) is 67.6 Å².